The number of nitrogens with zero attached hydrogens (tertiary/aromatic N) is 1. The number of nitrogens with one attached hydrogen (secondary N) is 1. The van der Waals surface area contributed by atoms with Crippen molar-refractivity contribution in [2.24, 2.45) is 10.7 Å². The van der Waals surface area contributed by atoms with Crippen LogP contribution in [-0.2, 0) is 6.54 Å². The summed E-state index contributed by atoms with van der Waals surface area (Å²) in [4.78, 5) is 3.99. The first-order chi connectivity index (χ1) is 9.65. The first-order valence-corrected chi connectivity index (χ1v) is 6.36. The van der Waals surface area contributed by atoms with E-state index in [9.17, 15) is 5.11 Å². The quantitative estimate of drug-likeness (QED) is 0.596. The smallest absolute Gasteiger partial charge is 0.134 e. The maximum absolute atomic E-state index is 9.48. The SMILES string of the molecule is N=Cc1ccc(CN=CN)cc1-c1ccc(O)c(Cl)c1. The van der Waals surface area contributed by atoms with Crippen LogP contribution in [0.25, 0.3) is 11.1 Å². The van der Waals surface area contributed by atoms with E-state index in [1.54, 1.807) is 12.1 Å². The van der Waals surface area contributed by atoms with E-state index in [0.717, 1.165) is 22.3 Å². The van der Waals surface area contributed by atoms with Crippen molar-refractivity contribution in [2.45, 2.75) is 6.54 Å². The van der Waals surface area contributed by atoms with Gasteiger partial charge < -0.3 is 16.2 Å². The summed E-state index contributed by atoms with van der Waals surface area (Å²) in [5.74, 6) is 0.0377. The van der Waals surface area contributed by atoms with Crippen LogP contribution in [0.4, 0.5) is 0 Å². The molecule has 2 aromatic rings. The van der Waals surface area contributed by atoms with Gasteiger partial charge in [0.25, 0.3) is 0 Å². The predicted octanol–water partition coefficient (Wildman–Crippen LogP) is 3.20. The van der Waals surface area contributed by atoms with E-state index in [2.05, 4.69) is 4.99 Å². The zero-order valence-electron chi connectivity index (χ0n) is 10.7. The van der Waals surface area contributed by atoms with Crippen molar-refractivity contribution < 1.29 is 5.11 Å². The average Bonchev–Trinajstić information content (AvgIpc) is 2.47. The third-order valence-electron chi connectivity index (χ3n) is 2.91. The largest absolute Gasteiger partial charge is 0.506 e. The maximum Gasteiger partial charge on any atom is 0.134 e. The first kappa shape index (κ1) is 14.1. The lowest BCUT2D eigenvalue weighted by molar-refractivity contribution is 0.475. The van der Waals surface area contributed by atoms with E-state index in [0.29, 0.717) is 6.54 Å². The van der Waals surface area contributed by atoms with Crippen molar-refractivity contribution in [3.8, 4) is 16.9 Å². The number of hydrogen-bond donors (Lipinski definition) is 3. The molecule has 0 aliphatic heterocycles. The normalized spacial score (nSPS) is 10.8. The lowest BCUT2D eigenvalue weighted by atomic mass is 9.97. The fourth-order valence-electron chi connectivity index (χ4n) is 1.91. The van der Waals surface area contributed by atoms with Crippen LogP contribution in [0.3, 0.4) is 0 Å². The average molecular weight is 288 g/mol. The Kier molecular flexibility index (Phi) is 4.38. The molecule has 4 N–H and O–H groups in total. The second-order valence-electron chi connectivity index (χ2n) is 4.22. The van der Waals surface area contributed by atoms with Gasteiger partial charge in [-0.3, -0.25) is 4.99 Å². The molecule has 0 aromatic heterocycles. The van der Waals surface area contributed by atoms with Crippen LogP contribution in [0.5, 0.6) is 5.75 Å². The van der Waals surface area contributed by atoms with E-state index in [1.165, 1.54) is 18.6 Å². The molecule has 20 heavy (non-hydrogen) atoms. The number of nitrogens with two attached hydrogens (primary N) is 1. The molecule has 4 nitrogen and oxygen atoms in total. The topological polar surface area (TPSA) is 82.5 Å². The second-order valence-corrected chi connectivity index (χ2v) is 4.63. The van der Waals surface area contributed by atoms with Gasteiger partial charge in [-0.1, -0.05) is 29.8 Å². The van der Waals surface area contributed by atoms with Gasteiger partial charge in [0.2, 0.25) is 0 Å². The summed E-state index contributed by atoms with van der Waals surface area (Å²) in [7, 11) is 0. The molecule has 0 radical (unpaired) electrons. The summed E-state index contributed by atoms with van der Waals surface area (Å²) in [6.45, 7) is 0.480. The molecule has 0 aliphatic rings. The molecule has 0 unspecified atom stereocenters. The summed E-state index contributed by atoms with van der Waals surface area (Å²) in [5, 5.41) is 17.2. The molecular weight excluding hydrogens is 274 g/mol. The Balaban J connectivity index is 2.51. The van der Waals surface area contributed by atoms with Gasteiger partial charge in [0.15, 0.2) is 0 Å². The number of phenolic OH excluding ortho intramolecular Hbond substituents is 1. The molecular formula is C15H14ClN3O. The minimum absolute atomic E-state index is 0.0377. The van der Waals surface area contributed by atoms with Gasteiger partial charge in [-0.25, -0.2) is 0 Å². The van der Waals surface area contributed by atoms with Crippen molar-refractivity contribution in [2.75, 3.05) is 0 Å². The molecule has 5 heteroatoms. The van der Waals surface area contributed by atoms with E-state index in [1.807, 2.05) is 18.2 Å². The number of rotatable bonds is 4. The van der Waals surface area contributed by atoms with Gasteiger partial charge in [-0.2, -0.15) is 0 Å². The lowest BCUT2D eigenvalue weighted by Gasteiger charge is -2.09. The Hall–Kier alpha value is -2.33. The molecule has 0 saturated carbocycles. The van der Waals surface area contributed by atoms with Crippen LogP contribution >= 0.6 is 11.6 Å². The summed E-state index contributed by atoms with van der Waals surface area (Å²) >= 11 is 5.94. The highest BCUT2D eigenvalue weighted by molar-refractivity contribution is 6.32. The Labute approximate surface area is 122 Å². The Morgan fingerprint density at radius 3 is 2.70 bits per heavy atom. The molecule has 0 atom stereocenters. The molecule has 0 aliphatic carbocycles. The van der Waals surface area contributed by atoms with Crippen LogP contribution in [0.2, 0.25) is 5.02 Å². The Morgan fingerprint density at radius 1 is 1.25 bits per heavy atom. The van der Waals surface area contributed by atoms with Crippen molar-refractivity contribution in [1.82, 2.24) is 0 Å². The van der Waals surface area contributed by atoms with Crippen LogP contribution in [0.15, 0.2) is 41.4 Å². The first-order valence-electron chi connectivity index (χ1n) is 5.98. The highest BCUT2D eigenvalue weighted by Crippen LogP contribution is 2.31. The fourth-order valence-corrected chi connectivity index (χ4v) is 2.09. The van der Waals surface area contributed by atoms with Crippen molar-refractivity contribution in [1.29, 1.82) is 5.41 Å². The molecule has 0 heterocycles. The van der Waals surface area contributed by atoms with Gasteiger partial charge in [0.1, 0.15) is 5.75 Å². The lowest BCUT2D eigenvalue weighted by Crippen LogP contribution is -1.93. The second kappa shape index (κ2) is 6.21. The standard InChI is InChI=1S/C15H14ClN3O/c16-14-6-11(3-4-15(14)20)13-5-10(8-19-9-18)1-2-12(13)7-17/h1-7,9,17,20H,8H2,(H2,18,19). The molecule has 0 saturated heterocycles. The monoisotopic (exact) mass is 287 g/mol. The van der Waals surface area contributed by atoms with Crippen LogP contribution in [-0.4, -0.2) is 17.7 Å². The van der Waals surface area contributed by atoms with E-state index >= 15 is 0 Å². The highest BCUT2D eigenvalue weighted by atomic mass is 35.5. The minimum atomic E-state index is 0.0377. The Bertz CT molecular complexity index is 668. The number of benzene rings is 2. The number of aliphatic imine (C=N–C) groups is 1. The van der Waals surface area contributed by atoms with E-state index in [-0.39, 0.29) is 10.8 Å². The van der Waals surface area contributed by atoms with E-state index < -0.39 is 0 Å². The summed E-state index contributed by atoms with van der Waals surface area (Å²) in [5.41, 5.74) is 8.70. The molecule has 0 bridgehead atoms. The summed E-state index contributed by atoms with van der Waals surface area (Å²) in [6.07, 6.45) is 2.55. The Morgan fingerprint density at radius 2 is 2.05 bits per heavy atom. The predicted molar refractivity (Wildman–Crippen MR) is 82.8 cm³/mol. The van der Waals surface area contributed by atoms with Crippen LogP contribution in [0, 0.1) is 5.41 Å². The number of hydrogen-bond acceptors (Lipinski definition) is 3. The van der Waals surface area contributed by atoms with Gasteiger partial charge in [0, 0.05) is 6.21 Å². The molecule has 0 spiro atoms. The van der Waals surface area contributed by atoms with Gasteiger partial charge in [-0.05, 0) is 40.5 Å². The third kappa shape index (κ3) is 2.97. The third-order valence-corrected chi connectivity index (χ3v) is 3.21. The summed E-state index contributed by atoms with van der Waals surface area (Å²) < 4.78 is 0. The highest BCUT2D eigenvalue weighted by Gasteiger charge is 2.07. The van der Waals surface area contributed by atoms with Gasteiger partial charge in [-0.15, -0.1) is 0 Å². The minimum Gasteiger partial charge on any atom is -0.506 e. The van der Waals surface area contributed by atoms with E-state index in [4.69, 9.17) is 22.7 Å². The number of aromatic hydroxyl groups is 1. The molecule has 0 amide bonds. The molecule has 2 rings (SSSR count). The van der Waals surface area contributed by atoms with Gasteiger partial charge in [0.05, 0.1) is 17.9 Å². The van der Waals surface area contributed by atoms with Gasteiger partial charge >= 0.3 is 0 Å². The molecule has 2 aromatic carbocycles. The maximum atomic E-state index is 9.48. The van der Waals surface area contributed by atoms with Crippen molar-refractivity contribution in [3.05, 3.63) is 52.5 Å². The number of phenols is 1. The van der Waals surface area contributed by atoms with Crippen molar-refractivity contribution >= 4 is 24.2 Å². The van der Waals surface area contributed by atoms with Crippen molar-refractivity contribution in [3.63, 3.8) is 0 Å². The molecule has 102 valence electrons. The summed E-state index contributed by atoms with van der Waals surface area (Å²) in [6, 6.07) is 10.7. The van der Waals surface area contributed by atoms with Crippen LogP contribution < -0.4 is 5.73 Å². The number of halogens is 1. The fraction of sp³-hybridized carbons (Fsp3) is 0.0667. The zero-order valence-corrected chi connectivity index (χ0v) is 11.4. The van der Waals surface area contributed by atoms with Crippen LogP contribution in [0.1, 0.15) is 11.1 Å². The molecule has 0 fully saturated rings. The zero-order chi connectivity index (χ0) is 14.5.